The highest BCUT2D eigenvalue weighted by Crippen LogP contribution is 2.37. The number of benzene rings is 2. The largest absolute Gasteiger partial charge is 0.452 e. The van der Waals surface area contributed by atoms with Gasteiger partial charge in [-0.3, -0.25) is 4.79 Å². The number of nitrogens with zero attached hydrogens (tertiary/aromatic N) is 1. The Bertz CT molecular complexity index is 845. The molecular formula is C19H17BrFNO3S. The summed E-state index contributed by atoms with van der Waals surface area (Å²) in [6, 6.07) is 11.7. The molecule has 1 amide bonds. The average molecular weight is 438 g/mol. The molecule has 26 heavy (non-hydrogen) atoms. The molecule has 0 radical (unpaired) electrons. The molecular weight excluding hydrogens is 421 g/mol. The summed E-state index contributed by atoms with van der Waals surface area (Å²) in [7, 11) is 0. The van der Waals surface area contributed by atoms with Crippen LogP contribution in [0.5, 0.6) is 0 Å². The Balaban J connectivity index is 1.71. The first-order valence-corrected chi connectivity index (χ1v) is 9.81. The number of amides is 1. The van der Waals surface area contributed by atoms with Crippen LogP contribution in [0, 0.1) is 5.82 Å². The maximum atomic E-state index is 13.8. The van der Waals surface area contributed by atoms with Gasteiger partial charge in [-0.05, 0) is 36.8 Å². The summed E-state index contributed by atoms with van der Waals surface area (Å²) in [5.41, 5.74) is 0.624. The van der Waals surface area contributed by atoms with E-state index in [1.165, 1.54) is 12.1 Å². The molecule has 0 bridgehead atoms. The van der Waals surface area contributed by atoms with Crippen LogP contribution in [0.3, 0.4) is 0 Å². The third-order valence-corrected chi connectivity index (χ3v) is 5.75. The van der Waals surface area contributed by atoms with Crippen LogP contribution in [0.2, 0.25) is 0 Å². The molecule has 0 saturated heterocycles. The minimum atomic E-state index is -0.853. The summed E-state index contributed by atoms with van der Waals surface area (Å²) < 4.78 is 19.4. The summed E-state index contributed by atoms with van der Waals surface area (Å²) in [6.45, 7) is 2.24. The van der Waals surface area contributed by atoms with Gasteiger partial charge >= 0.3 is 5.97 Å². The van der Waals surface area contributed by atoms with E-state index < -0.39 is 18.4 Å². The molecule has 0 aliphatic carbocycles. The van der Waals surface area contributed by atoms with Crippen LogP contribution in [0.4, 0.5) is 10.1 Å². The topological polar surface area (TPSA) is 46.6 Å². The fourth-order valence-corrected chi connectivity index (χ4v) is 4.13. The predicted molar refractivity (Wildman–Crippen MR) is 103 cm³/mol. The highest BCUT2D eigenvalue weighted by atomic mass is 79.9. The van der Waals surface area contributed by atoms with Gasteiger partial charge in [0.2, 0.25) is 0 Å². The zero-order valence-electron chi connectivity index (χ0n) is 14.1. The Morgan fingerprint density at radius 1 is 1.31 bits per heavy atom. The Morgan fingerprint density at radius 3 is 2.85 bits per heavy atom. The number of carbonyl (C=O) groups is 2. The lowest BCUT2D eigenvalue weighted by atomic mass is 10.2. The number of hydrogen-bond acceptors (Lipinski definition) is 4. The molecule has 0 spiro atoms. The third-order valence-electron chi connectivity index (χ3n) is 4.02. The Kier molecular flexibility index (Phi) is 5.98. The number of carbonyl (C=O) groups excluding carboxylic acids is 2. The van der Waals surface area contributed by atoms with E-state index in [1.54, 1.807) is 22.7 Å². The number of thioether (sulfide) groups is 1. The van der Waals surface area contributed by atoms with Gasteiger partial charge in [-0.1, -0.05) is 35.0 Å². The Labute approximate surface area is 163 Å². The van der Waals surface area contributed by atoms with Crippen molar-refractivity contribution in [3.05, 3.63) is 58.3 Å². The molecule has 4 nitrogen and oxygen atoms in total. The number of halogens is 2. The van der Waals surface area contributed by atoms with Crippen LogP contribution in [-0.2, 0) is 9.53 Å². The van der Waals surface area contributed by atoms with E-state index in [4.69, 9.17) is 4.74 Å². The molecule has 136 valence electrons. The van der Waals surface area contributed by atoms with Crippen molar-refractivity contribution >= 4 is 45.3 Å². The van der Waals surface area contributed by atoms with Crippen LogP contribution in [-0.4, -0.2) is 30.3 Å². The molecule has 1 aliphatic rings. The molecule has 0 N–H and O–H groups in total. The summed E-state index contributed by atoms with van der Waals surface area (Å²) in [5.74, 6) is -1.87. The minimum Gasteiger partial charge on any atom is -0.452 e. The average Bonchev–Trinajstić information content (AvgIpc) is 2.77. The van der Waals surface area contributed by atoms with Crippen LogP contribution in [0.1, 0.15) is 23.7 Å². The maximum Gasteiger partial charge on any atom is 0.341 e. The first-order chi connectivity index (χ1) is 12.5. The van der Waals surface area contributed by atoms with Crippen LogP contribution >= 0.6 is 27.7 Å². The highest BCUT2D eigenvalue weighted by molar-refractivity contribution is 9.10. The third kappa shape index (κ3) is 4.27. The number of para-hydroxylation sites is 1. The highest BCUT2D eigenvalue weighted by Gasteiger charge is 2.25. The van der Waals surface area contributed by atoms with Crippen molar-refractivity contribution in [3.8, 4) is 0 Å². The van der Waals surface area contributed by atoms with Gasteiger partial charge in [0, 0.05) is 21.2 Å². The van der Waals surface area contributed by atoms with E-state index in [9.17, 15) is 14.0 Å². The molecule has 0 saturated carbocycles. The number of esters is 1. The van der Waals surface area contributed by atoms with Gasteiger partial charge in [-0.2, -0.15) is 0 Å². The molecule has 0 fully saturated rings. The maximum absolute atomic E-state index is 13.8. The lowest BCUT2D eigenvalue weighted by Crippen LogP contribution is -2.35. The molecule has 0 aromatic heterocycles. The van der Waals surface area contributed by atoms with Crippen molar-refractivity contribution in [1.82, 2.24) is 0 Å². The fraction of sp³-hybridized carbons (Fsp3) is 0.263. The van der Waals surface area contributed by atoms with Crippen LogP contribution in [0.25, 0.3) is 0 Å². The number of hydrogen-bond donors (Lipinski definition) is 0. The van der Waals surface area contributed by atoms with E-state index >= 15 is 0 Å². The molecule has 7 heteroatoms. The number of anilines is 1. The van der Waals surface area contributed by atoms with E-state index in [1.807, 2.05) is 24.3 Å². The predicted octanol–water partition coefficient (Wildman–Crippen LogP) is 4.66. The monoisotopic (exact) mass is 437 g/mol. The van der Waals surface area contributed by atoms with Gasteiger partial charge in [0.05, 0.1) is 11.3 Å². The van der Waals surface area contributed by atoms with Crippen molar-refractivity contribution in [1.29, 1.82) is 0 Å². The molecule has 1 unspecified atom stereocenters. The smallest absolute Gasteiger partial charge is 0.341 e. The van der Waals surface area contributed by atoms with Crippen molar-refractivity contribution < 1.29 is 18.7 Å². The summed E-state index contributed by atoms with van der Waals surface area (Å²) >= 11 is 4.86. The Morgan fingerprint density at radius 2 is 2.08 bits per heavy atom. The fourth-order valence-electron chi connectivity index (χ4n) is 2.68. The first kappa shape index (κ1) is 18.9. The summed E-state index contributed by atoms with van der Waals surface area (Å²) in [5, 5.41) is 0.383. The lowest BCUT2D eigenvalue weighted by molar-refractivity contribution is -0.121. The quantitative estimate of drug-likeness (QED) is 0.654. The second-order valence-corrected chi connectivity index (χ2v) is 8.33. The first-order valence-electron chi connectivity index (χ1n) is 8.14. The molecule has 2 aromatic carbocycles. The van der Waals surface area contributed by atoms with Crippen molar-refractivity contribution in [3.63, 3.8) is 0 Å². The van der Waals surface area contributed by atoms with Crippen LogP contribution < -0.4 is 4.90 Å². The van der Waals surface area contributed by atoms with Crippen LogP contribution in [0.15, 0.2) is 51.8 Å². The Hall–Kier alpha value is -1.86. The van der Waals surface area contributed by atoms with Crippen molar-refractivity contribution in [2.45, 2.75) is 23.5 Å². The molecule has 2 aromatic rings. The molecule has 1 atom stereocenters. The molecule has 3 rings (SSSR count). The van der Waals surface area contributed by atoms with E-state index in [-0.39, 0.29) is 11.5 Å². The summed E-state index contributed by atoms with van der Waals surface area (Å²) in [4.78, 5) is 27.4. The standard InChI is InChI=1S/C19H17BrFNO3S/c1-12-8-9-22(16-4-2-3-5-17(16)26-12)18(23)11-25-19(24)14-7-6-13(20)10-15(14)21/h2-7,10,12H,8-9,11H2,1H3. The normalized spacial score (nSPS) is 16.6. The minimum absolute atomic E-state index is 0.193. The van der Waals surface area contributed by atoms with Gasteiger partial charge < -0.3 is 9.64 Å². The van der Waals surface area contributed by atoms with E-state index in [0.29, 0.717) is 16.3 Å². The van der Waals surface area contributed by atoms with Crippen molar-refractivity contribution in [2.24, 2.45) is 0 Å². The van der Waals surface area contributed by atoms with E-state index in [2.05, 4.69) is 22.9 Å². The van der Waals surface area contributed by atoms with Crippen molar-refractivity contribution in [2.75, 3.05) is 18.1 Å². The van der Waals surface area contributed by atoms with Gasteiger partial charge in [0.25, 0.3) is 5.91 Å². The SMILES string of the molecule is CC1CCN(C(=O)COC(=O)c2ccc(Br)cc2F)c2ccccc2S1. The van der Waals surface area contributed by atoms with E-state index in [0.717, 1.165) is 17.0 Å². The second-order valence-electron chi connectivity index (χ2n) is 5.93. The number of rotatable bonds is 3. The summed E-state index contributed by atoms with van der Waals surface area (Å²) in [6.07, 6.45) is 0.834. The second kappa shape index (κ2) is 8.22. The van der Waals surface area contributed by atoms with Gasteiger partial charge in [-0.15, -0.1) is 11.8 Å². The number of fused-ring (bicyclic) bond motifs is 1. The zero-order chi connectivity index (χ0) is 18.7. The van der Waals surface area contributed by atoms with Gasteiger partial charge in [0.1, 0.15) is 5.82 Å². The molecule has 1 heterocycles. The molecule has 1 aliphatic heterocycles. The number of ether oxygens (including phenoxy) is 1. The van der Waals surface area contributed by atoms with Gasteiger partial charge in [-0.25, -0.2) is 9.18 Å². The van der Waals surface area contributed by atoms with Gasteiger partial charge in [0.15, 0.2) is 6.61 Å². The zero-order valence-corrected chi connectivity index (χ0v) is 16.5. The lowest BCUT2D eigenvalue weighted by Gasteiger charge is -2.22.